The highest BCUT2D eigenvalue weighted by atomic mass is 16.3. The van der Waals surface area contributed by atoms with Crippen LogP contribution in [-0.4, -0.2) is 10.9 Å². The van der Waals surface area contributed by atoms with E-state index in [1.165, 1.54) is 6.07 Å². The van der Waals surface area contributed by atoms with Crippen LogP contribution in [0, 0.1) is 0 Å². The van der Waals surface area contributed by atoms with E-state index in [1.54, 1.807) is 59.8 Å². The van der Waals surface area contributed by atoms with Gasteiger partial charge in [0, 0.05) is 35.7 Å². The fourth-order valence-electron chi connectivity index (χ4n) is 3.46. The molecule has 5 heteroatoms. The average molecular weight is 366 g/mol. The van der Waals surface area contributed by atoms with E-state index in [9.17, 15) is 9.59 Å². The van der Waals surface area contributed by atoms with Crippen molar-refractivity contribution >= 4 is 34.3 Å². The molecule has 0 bridgehead atoms. The Hall–Kier alpha value is -3.99. The van der Waals surface area contributed by atoms with E-state index >= 15 is 0 Å². The monoisotopic (exact) mass is 366 g/mol. The Morgan fingerprint density at radius 1 is 0.857 bits per heavy atom. The maximum absolute atomic E-state index is 13.0. The molecule has 1 aliphatic heterocycles. The molecule has 0 N–H and O–H groups in total. The van der Waals surface area contributed by atoms with Crippen molar-refractivity contribution in [1.82, 2.24) is 4.98 Å². The van der Waals surface area contributed by atoms with Crippen molar-refractivity contribution in [3.05, 3.63) is 106 Å². The van der Waals surface area contributed by atoms with Gasteiger partial charge in [-0.2, -0.15) is 0 Å². The van der Waals surface area contributed by atoms with Crippen molar-refractivity contribution in [2.75, 3.05) is 4.90 Å². The lowest BCUT2D eigenvalue weighted by molar-refractivity contribution is 0.101. The molecule has 134 valence electrons. The molecule has 0 fully saturated rings. The van der Waals surface area contributed by atoms with Gasteiger partial charge in [-0.3, -0.25) is 19.5 Å². The van der Waals surface area contributed by atoms with Crippen molar-refractivity contribution in [2.45, 2.75) is 0 Å². The summed E-state index contributed by atoms with van der Waals surface area (Å²) in [7, 11) is 0. The van der Waals surface area contributed by atoms with Gasteiger partial charge in [0.15, 0.2) is 5.43 Å². The lowest BCUT2D eigenvalue weighted by Gasteiger charge is -2.18. The molecule has 2 aromatic heterocycles. The van der Waals surface area contributed by atoms with Gasteiger partial charge in [-0.25, -0.2) is 0 Å². The lowest BCUT2D eigenvalue weighted by Crippen LogP contribution is -2.22. The van der Waals surface area contributed by atoms with Gasteiger partial charge < -0.3 is 4.42 Å². The number of para-hydroxylation sites is 1. The van der Waals surface area contributed by atoms with Gasteiger partial charge in [-0.1, -0.05) is 30.3 Å². The third-order valence-electron chi connectivity index (χ3n) is 4.73. The third-order valence-corrected chi connectivity index (χ3v) is 4.73. The topological polar surface area (TPSA) is 63.4 Å². The predicted molar refractivity (Wildman–Crippen MR) is 108 cm³/mol. The van der Waals surface area contributed by atoms with Crippen molar-refractivity contribution in [2.24, 2.45) is 0 Å². The molecule has 4 aromatic rings. The summed E-state index contributed by atoms with van der Waals surface area (Å²) < 4.78 is 5.91. The number of nitrogens with zero attached hydrogens (tertiary/aromatic N) is 2. The van der Waals surface area contributed by atoms with Crippen LogP contribution in [0.2, 0.25) is 0 Å². The van der Waals surface area contributed by atoms with E-state index < -0.39 is 0 Å². The molecule has 0 spiro atoms. The summed E-state index contributed by atoms with van der Waals surface area (Å²) in [6, 6.07) is 19.5. The van der Waals surface area contributed by atoms with E-state index in [-0.39, 0.29) is 11.3 Å². The first kappa shape index (κ1) is 16.2. The molecular formula is C23H14N2O3. The highest BCUT2D eigenvalue weighted by Gasteiger charge is 2.33. The summed E-state index contributed by atoms with van der Waals surface area (Å²) in [5.74, 6) is 0.262. The number of benzene rings is 2. The number of anilines is 1. The van der Waals surface area contributed by atoms with Gasteiger partial charge in [0.05, 0.1) is 16.8 Å². The number of amides is 1. The Labute approximate surface area is 160 Å². The molecular weight excluding hydrogens is 352 g/mol. The number of carbonyl (C=O) groups is 1. The first-order valence-corrected chi connectivity index (χ1v) is 8.81. The number of aromatic nitrogens is 1. The quantitative estimate of drug-likeness (QED) is 0.529. The molecule has 0 unspecified atom stereocenters. The Morgan fingerprint density at radius 2 is 1.57 bits per heavy atom. The molecule has 5 nitrogen and oxygen atoms in total. The van der Waals surface area contributed by atoms with Crippen LogP contribution >= 0.6 is 0 Å². The fourth-order valence-corrected chi connectivity index (χ4v) is 3.46. The molecule has 0 radical (unpaired) electrons. The molecule has 3 heterocycles. The van der Waals surface area contributed by atoms with E-state index in [1.807, 2.05) is 24.3 Å². The fraction of sp³-hybridized carbons (Fsp3) is 0. The van der Waals surface area contributed by atoms with Crippen LogP contribution in [0.3, 0.4) is 0 Å². The first-order chi connectivity index (χ1) is 13.7. The van der Waals surface area contributed by atoms with E-state index in [4.69, 9.17) is 4.42 Å². The summed E-state index contributed by atoms with van der Waals surface area (Å²) in [6.07, 6.45) is 5.01. The number of pyridine rings is 1. The van der Waals surface area contributed by atoms with Crippen molar-refractivity contribution in [3.8, 4) is 0 Å². The van der Waals surface area contributed by atoms with Gasteiger partial charge in [-0.05, 0) is 30.3 Å². The maximum Gasteiger partial charge on any atom is 0.263 e. The zero-order valence-corrected chi connectivity index (χ0v) is 14.7. The summed E-state index contributed by atoms with van der Waals surface area (Å²) in [5, 5.41) is 0.526. The van der Waals surface area contributed by atoms with Gasteiger partial charge in [-0.15, -0.1) is 0 Å². The maximum atomic E-state index is 13.0. The smallest absolute Gasteiger partial charge is 0.263 e. The summed E-state index contributed by atoms with van der Waals surface area (Å²) in [5.41, 5.74) is 3.14. The van der Waals surface area contributed by atoms with Gasteiger partial charge in [0.1, 0.15) is 11.3 Å². The van der Waals surface area contributed by atoms with Crippen LogP contribution in [0.15, 0.2) is 88.3 Å². The minimum absolute atomic E-state index is 0.123. The third kappa shape index (κ3) is 2.53. The highest BCUT2D eigenvalue weighted by molar-refractivity contribution is 6.24. The summed E-state index contributed by atoms with van der Waals surface area (Å²) in [6.45, 7) is 0. The first-order valence-electron chi connectivity index (χ1n) is 8.81. The van der Waals surface area contributed by atoms with E-state index in [0.717, 1.165) is 5.56 Å². The molecule has 28 heavy (non-hydrogen) atoms. The average Bonchev–Trinajstić information content (AvgIpc) is 3.01. The van der Waals surface area contributed by atoms with E-state index in [2.05, 4.69) is 4.98 Å². The molecule has 5 rings (SSSR count). The molecule has 1 aliphatic rings. The Kier molecular flexibility index (Phi) is 3.66. The van der Waals surface area contributed by atoms with Gasteiger partial charge in [0.2, 0.25) is 0 Å². The molecule has 0 atom stereocenters. The van der Waals surface area contributed by atoms with Gasteiger partial charge in [0.25, 0.3) is 5.91 Å². The minimum atomic E-state index is -0.129. The van der Waals surface area contributed by atoms with E-state index in [0.29, 0.717) is 33.7 Å². The molecule has 0 saturated carbocycles. The number of carbonyl (C=O) groups excluding carboxylic acids is 1. The normalized spacial score (nSPS) is 14.6. The Morgan fingerprint density at radius 3 is 2.39 bits per heavy atom. The highest BCUT2D eigenvalue weighted by Crippen LogP contribution is 2.37. The van der Waals surface area contributed by atoms with Crippen molar-refractivity contribution in [3.63, 3.8) is 0 Å². The Balaban J connectivity index is 1.74. The molecule has 1 amide bonds. The minimum Gasteiger partial charge on any atom is -0.456 e. The van der Waals surface area contributed by atoms with Crippen LogP contribution in [0.4, 0.5) is 5.69 Å². The molecule has 0 aliphatic carbocycles. The van der Waals surface area contributed by atoms with Crippen LogP contribution < -0.4 is 10.3 Å². The number of fused-ring (bicyclic) bond motifs is 2. The summed E-state index contributed by atoms with van der Waals surface area (Å²) >= 11 is 0. The number of hydrogen-bond donors (Lipinski definition) is 0. The van der Waals surface area contributed by atoms with Crippen LogP contribution in [-0.2, 0) is 0 Å². The molecule has 0 saturated heterocycles. The Bertz CT molecular complexity index is 1310. The largest absolute Gasteiger partial charge is 0.456 e. The second-order valence-corrected chi connectivity index (χ2v) is 6.43. The molecule has 2 aromatic carbocycles. The number of rotatable bonds is 2. The van der Waals surface area contributed by atoms with Crippen LogP contribution in [0.1, 0.15) is 21.7 Å². The predicted octanol–water partition coefficient (Wildman–Crippen LogP) is 4.35. The standard InChI is InChI=1S/C23H14N2O3/c26-21-14-16(28-22-8-4-3-7-19(21)22)13-20-17-5-1-2-6-18(17)23(27)25(20)15-9-11-24-12-10-15/h1-14H/b20-13+. The van der Waals surface area contributed by atoms with Crippen molar-refractivity contribution < 1.29 is 9.21 Å². The summed E-state index contributed by atoms with van der Waals surface area (Å²) in [4.78, 5) is 31.1. The number of hydrogen-bond acceptors (Lipinski definition) is 4. The second-order valence-electron chi connectivity index (χ2n) is 6.43. The van der Waals surface area contributed by atoms with Gasteiger partial charge >= 0.3 is 0 Å². The van der Waals surface area contributed by atoms with Crippen LogP contribution in [0.25, 0.3) is 22.7 Å². The van der Waals surface area contributed by atoms with Crippen LogP contribution in [0.5, 0.6) is 0 Å². The SMILES string of the molecule is O=C1c2ccccc2/C(=C\c2cc(=O)c3ccccc3o2)N1c1ccncc1. The second kappa shape index (κ2) is 6.32. The zero-order valence-electron chi connectivity index (χ0n) is 14.7. The lowest BCUT2D eigenvalue weighted by atomic mass is 10.1. The van der Waals surface area contributed by atoms with Crippen molar-refractivity contribution in [1.29, 1.82) is 0 Å². The zero-order chi connectivity index (χ0) is 19.1.